The van der Waals surface area contributed by atoms with Crippen molar-refractivity contribution in [2.24, 2.45) is 16.6 Å². The van der Waals surface area contributed by atoms with Crippen molar-refractivity contribution in [3.8, 4) is 0 Å². The molecule has 0 aromatic rings. The summed E-state index contributed by atoms with van der Waals surface area (Å²) in [5.41, 5.74) is 5.54. The standard InChI is InChI=1S/C10H17N3O/c1-10(7-5-3-4-6-7)8(11)12-9(14)13(10)2/h7H,3-6H2,1-2H3,(H2,11,12,14). The van der Waals surface area contributed by atoms with E-state index in [0.29, 0.717) is 11.8 Å². The lowest BCUT2D eigenvalue weighted by Crippen LogP contribution is -2.54. The molecule has 0 aromatic carbocycles. The number of amidine groups is 1. The van der Waals surface area contributed by atoms with Crippen molar-refractivity contribution in [2.75, 3.05) is 7.05 Å². The number of likely N-dealkylation sites (N-methyl/N-ethyl adjacent to an activating group) is 1. The van der Waals surface area contributed by atoms with Crippen LogP contribution in [-0.2, 0) is 0 Å². The number of urea groups is 1. The molecule has 2 aliphatic rings. The van der Waals surface area contributed by atoms with Gasteiger partial charge in [-0.25, -0.2) is 4.79 Å². The van der Waals surface area contributed by atoms with Gasteiger partial charge >= 0.3 is 6.03 Å². The van der Waals surface area contributed by atoms with E-state index in [2.05, 4.69) is 4.99 Å². The molecule has 2 amide bonds. The third-order valence-corrected chi connectivity index (χ3v) is 3.87. The highest BCUT2D eigenvalue weighted by Gasteiger charge is 2.48. The molecule has 1 atom stereocenters. The van der Waals surface area contributed by atoms with Crippen molar-refractivity contribution < 1.29 is 4.79 Å². The summed E-state index contributed by atoms with van der Waals surface area (Å²) < 4.78 is 0. The van der Waals surface area contributed by atoms with Crippen LogP contribution in [0.3, 0.4) is 0 Å². The van der Waals surface area contributed by atoms with Crippen molar-refractivity contribution in [3.63, 3.8) is 0 Å². The summed E-state index contributed by atoms with van der Waals surface area (Å²) in [5.74, 6) is 0.986. The van der Waals surface area contributed by atoms with Gasteiger partial charge in [-0.1, -0.05) is 12.8 Å². The van der Waals surface area contributed by atoms with Gasteiger partial charge in [-0.15, -0.1) is 0 Å². The molecule has 1 fully saturated rings. The Morgan fingerprint density at radius 3 is 2.50 bits per heavy atom. The molecule has 2 N–H and O–H groups in total. The summed E-state index contributed by atoms with van der Waals surface area (Å²) in [6, 6.07) is -0.197. The van der Waals surface area contributed by atoms with Crippen LogP contribution in [0, 0.1) is 5.92 Å². The molecule has 0 radical (unpaired) electrons. The Bertz CT molecular complexity index is 294. The zero-order valence-corrected chi connectivity index (χ0v) is 8.79. The maximum absolute atomic E-state index is 11.4. The average Bonchev–Trinajstić information content (AvgIpc) is 2.72. The summed E-state index contributed by atoms with van der Waals surface area (Å²) in [4.78, 5) is 17.0. The van der Waals surface area contributed by atoms with Crippen LogP contribution in [0.4, 0.5) is 4.79 Å². The summed E-state index contributed by atoms with van der Waals surface area (Å²) >= 11 is 0. The molecule has 78 valence electrons. The zero-order chi connectivity index (χ0) is 10.3. The summed E-state index contributed by atoms with van der Waals surface area (Å²) in [5, 5.41) is 0. The topological polar surface area (TPSA) is 58.7 Å². The van der Waals surface area contributed by atoms with E-state index in [4.69, 9.17) is 5.73 Å². The van der Waals surface area contributed by atoms with Gasteiger partial charge < -0.3 is 10.6 Å². The lowest BCUT2D eigenvalue weighted by atomic mass is 9.83. The molecule has 0 aromatic heterocycles. The Hall–Kier alpha value is -1.06. The number of nitrogens with two attached hydrogens (primary N) is 1. The third-order valence-electron chi connectivity index (χ3n) is 3.87. The SMILES string of the molecule is CN1C(=O)N=C(N)C1(C)C1CCCC1. The Balaban J connectivity index is 2.30. The van der Waals surface area contributed by atoms with E-state index in [1.807, 2.05) is 6.92 Å². The van der Waals surface area contributed by atoms with Crippen LogP contribution in [0.15, 0.2) is 4.99 Å². The fraction of sp³-hybridized carbons (Fsp3) is 0.800. The van der Waals surface area contributed by atoms with Gasteiger partial charge in [0.1, 0.15) is 11.4 Å². The van der Waals surface area contributed by atoms with Crippen LogP contribution >= 0.6 is 0 Å². The highest BCUT2D eigenvalue weighted by Crippen LogP contribution is 2.39. The Morgan fingerprint density at radius 1 is 1.50 bits per heavy atom. The Labute approximate surface area is 84.2 Å². The first-order valence-corrected chi connectivity index (χ1v) is 5.19. The Kier molecular flexibility index (Phi) is 2.01. The second kappa shape index (κ2) is 2.97. The van der Waals surface area contributed by atoms with Crippen molar-refractivity contribution in [2.45, 2.75) is 38.1 Å². The number of hydrogen-bond acceptors (Lipinski definition) is 2. The minimum Gasteiger partial charge on any atom is -0.385 e. The van der Waals surface area contributed by atoms with E-state index in [1.165, 1.54) is 12.8 Å². The fourth-order valence-corrected chi connectivity index (χ4v) is 2.63. The predicted molar refractivity (Wildman–Crippen MR) is 55.1 cm³/mol. The lowest BCUT2D eigenvalue weighted by molar-refractivity contribution is 0.164. The van der Waals surface area contributed by atoms with Crippen LogP contribution < -0.4 is 5.73 Å². The number of aliphatic imine (C=N–C) groups is 1. The number of hydrogen-bond donors (Lipinski definition) is 1. The van der Waals surface area contributed by atoms with Gasteiger partial charge in [-0.05, 0) is 25.7 Å². The van der Waals surface area contributed by atoms with E-state index in [9.17, 15) is 4.79 Å². The smallest absolute Gasteiger partial charge is 0.345 e. The monoisotopic (exact) mass is 195 g/mol. The third kappa shape index (κ3) is 1.06. The van der Waals surface area contributed by atoms with Crippen LogP contribution in [-0.4, -0.2) is 29.4 Å². The van der Waals surface area contributed by atoms with Gasteiger partial charge in [0.05, 0.1) is 0 Å². The maximum atomic E-state index is 11.4. The first-order valence-electron chi connectivity index (χ1n) is 5.19. The minimum atomic E-state index is -0.326. The molecule has 1 aliphatic heterocycles. The van der Waals surface area contributed by atoms with Crippen molar-refractivity contribution in [1.82, 2.24) is 4.90 Å². The summed E-state index contributed by atoms with van der Waals surface area (Å²) in [7, 11) is 1.80. The largest absolute Gasteiger partial charge is 0.385 e. The molecule has 14 heavy (non-hydrogen) atoms. The number of carbonyl (C=O) groups excluding carboxylic acids is 1. The summed E-state index contributed by atoms with van der Waals surface area (Å²) in [6.45, 7) is 2.03. The van der Waals surface area contributed by atoms with Crippen molar-refractivity contribution in [1.29, 1.82) is 0 Å². The summed E-state index contributed by atoms with van der Waals surface area (Å²) in [6.07, 6.45) is 4.81. The molecule has 4 nitrogen and oxygen atoms in total. The highest BCUT2D eigenvalue weighted by atomic mass is 16.2. The molecule has 2 rings (SSSR count). The minimum absolute atomic E-state index is 0.197. The van der Waals surface area contributed by atoms with Gasteiger partial charge in [0, 0.05) is 7.05 Å². The number of carbonyl (C=O) groups is 1. The fourth-order valence-electron chi connectivity index (χ4n) is 2.63. The normalized spacial score (nSPS) is 34.0. The number of nitrogens with zero attached hydrogens (tertiary/aromatic N) is 2. The molecule has 1 heterocycles. The highest BCUT2D eigenvalue weighted by molar-refractivity contribution is 6.05. The molecule has 4 heteroatoms. The molecule has 0 bridgehead atoms. The first-order chi connectivity index (χ1) is 6.56. The van der Waals surface area contributed by atoms with Crippen molar-refractivity contribution >= 4 is 11.9 Å². The predicted octanol–water partition coefficient (Wildman–Crippen LogP) is 1.36. The molecule has 1 aliphatic carbocycles. The van der Waals surface area contributed by atoms with E-state index in [0.717, 1.165) is 12.8 Å². The van der Waals surface area contributed by atoms with E-state index in [-0.39, 0.29) is 11.6 Å². The molecular weight excluding hydrogens is 178 g/mol. The first kappa shape index (κ1) is 9.49. The van der Waals surface area contributed by atoms with Crippen LogP contribution in [0.25, 0.3) is 0 Å². The molecule has 0 spiro atoms. The van der Waals surface area contributed by atoms with Crippen LogP contribution in [0.5, 0.6) is 0 Å². The van der Waals surface area contributed by atoms with Gasteiger partial charge in [0.15, 0.2) is 0 Å². The molecule has 1 unspecified atom stereocenters. The van der Waals surface area contributed by atoms with Gasteiger partial charge in [-0.2, -0.15) is 4.99 Å². The lowest BCUT2D eigenvalue weighted by Gasteiger charge is -2.37. The quantitative estimate of drug-likeness (QED) is 0.686. The van der Waals surface area contributed by atoms with E-state index >= 15 is 0 Å². The van der Waals surface area contributed by atoms with Crippen molar-refractivity contribution in [3.05, 3.63) is 0 Å². The Morgan fingerprint density at radius 2 is 2.07 bits per heavy atom. The molecule has 1 saturated carbocycles. The number of rotatable bonds is 1. The van der Waals surface area contributed by atoms with Crippen LogP contribution in [0.2, 0.25) is 0 Å². The van der Waals surface area contributed by atoms with E-state index in [1.54, 1.807) is 11.9 Å². The maximum Gasteiger partial charge on any atom is 0.345 e. The molecule has 0 saturated heterocycles. The van der Waals surface area contributed by atoms with Gasteiger partial charge in [0.2, 0.25) is 0 Å². The average molecular weight is 195 g/mol. The second-order valence-corrected chi connectivity index (χ2v) is 4.47. The van der Waals surface area contributed by atoms with Crippen LogP contribution in [0.1, 0.15) is 32.6 Å². The molecular formula is C10H17N3O. The number of amides is 2. The van der Waals surface area contributed by atoms with E-state index < -0.39 is 0 Å². The second-order valence-electron chi connectivity index (χ2n) is 4.47. The van der Waals surface area contributed by atoms with Gasteiger partial charge in [0.25, 0.3) is 0 Å². The zero-order valence-electron chi connectivity index (χ0n) is 8.79. The van der Waals surface area contributed by atoms with Gasteiger partial charge in [-0.3, -0.25) is 0 Å².